The maximum Gasteiger partial charge on any atom is 0.185 e. The summed E-state index contributed by atoms with van der Waals surface area (Å²) >= 11 is 4.97. The van der Waals surface area contributed by atoms with Crippen molar-refractivity contribution in [3.63, 3.8) is 0 Å². The smallest absolute Gasteiger partial charge is 0.185 e. The third kappa shape index (κ3) is 3.49. The summed E-state index contributed by atoms with van der Waals surface area (Å²) in [5, 5.41) is 1.97. The molecule has 0 unspecified atom stereocenters. The number of thiophene rings is 1. The van der Waals surface area contributed by atoms with Gasteiger partial charge in [0, 0.05) is 5.56 Å². The fraction of sp³-hybridized carbons (Fsp3) is 0.133. The summed E-state index contributed by atoms with van der Waals surface area (Å²) in [4.78, 5) is 12.1. The molecule has 1 aromatic carbocycles. The minimum absolute atomic E-state index is 0.0757. The highest BCUT2D eigenvalue weighted by atomic mass is 79.9. The molecule has 0 N–H and O–H groups in total. The van der Waals surface area contributed by atoms with Gasteiger partial charge in [-0.25, -0.2) is 0 Å². The van der Waals surface area contributed by atoms with E-state index in [1.807, 2.05) is 11.4 Å². The molecule has 104 valence electrons. The number of allylic oxidation sites excluding steroid dienone is 1. The van der Waals surface area contributed by atoms with Crippen LogP contribution in [0.2, 0.25) is 0 Å². The number of methoxy groups -OCH3 is 2. The van der Waals surface area contributed by atoms with Crippen molar-refractivity contribution >= 4 is 39.1 Å². The lowest BCUT2D eigenvalue weighted by atomic mass is 10.1. The van der Waals surface area contributed by atoms with Gasteiger partial charge in [-0.1, -0.05) is 6.08 Å². The molecule has 0 fully saturated rings. The number of rotatable bonds is 5. The molecule has 5 heteroatoms. The first-order valence-corrected chi connectivity index (χ1v) is 7.50. The molecule has 0 amide bonds. The second-order valence-corrected chi connectivity index (χ2v) is 6.24. The molecule has 0 aliphatic carbocycles. The molecule has 0 bridgehead atoms. The van der Waals surface area contributed by atoms with Gasteiger partial charge < -0.3 is 9.47 Å². The number of ether oxygens (including phenoxy) is 2. The molecule has 0 radical (unpaired) electrons. The maximum absolute atomic E-state index is 12.1. The summed E-state index contributed by atoms with van der Waals surface area (Å²) in [5.74, 6) is 1.08. The number of carbonyl (C=O) groups excluding carboxylic acids is 1. The molecule has 0 aliphatic heterocycles. The largest absolute Gasteiger partial charge is 0.493 e. The minimum atomic E-state index is -0.0757. The highest BCUT2D eigenvalue weighted by molar-refractivity contribution is 9.11. The number of ketones is 1. The number of carbonyl (C=O) groups is 1. The zero-order valence-electron chi connectivity index (χ0n) is 11.1. The Hall–Kier alpha value is -1.59. The van der Waals surface area contributed by atoms with Crippen LogP contribution >= 0.6 is 27.3 Å². The third-order valence-electron chi connectivity index (χ3n) is 2.68. The van der Waals surface area contributed by atoms with E-state index >= 15 is 0 Å². The van der Waals surface area contributed by atoms with Gasteiger partial charge in [-0.15, -0.1) is 11.3 Å². The number of halogens is 1. The highest BCUT2D eigenvalue weighted by Crippen LogP contribution is 2.28. The van der Waals surface area contributed by atoms with Crippen LogP contribution in [0.15, 0.2) is 39.5 Å². The summed E-state index contributed by atoms with van der Waals surface area (Å²) in [7, 11) is 3.11. The van der Waals surface area contributed by atoms with Crippen molar-refractivity contribution in [2.24, 2.45) is 0 Å². The first-order valence-electron chi connectivity index (χ1n) is 5.82. The highest BCUT2D eigenvalue weighted by Gasteiger charge is 2.08. The SMILES string of the molecule is COc1ccc(C(=O)/C=C/c2csc(Br)c2)cc1OC. The molecule has 3 nitrogen and oxygen atoms in total. The molecule has 0 saturated carbocycles. The van der Waals surface area contributed by atoms with Crippen LogP contribution in [0.25, 0.3) is 6.08 Å². The van der Waals surface area contributed by atoms with E-state index in [4.69, 9.17) is 9.47 Å². The Bertz CT molecular complexity index is 646. The van der Waals surface area contributed by atoms with Crippen LogP contribution in [0.1, 0.15) is 15.9 Å². The Kier molecular flexibility index (Phi) is 4.98. The number of benzene rings is 1. The Labute approximate surface area is 130 Å². The van der Waals surface area contributed by atoms with E-state index in [1.54, 1.807) is 55.9 Å². The molecule has 2 aromatic rings. The Morgan fingerprint density at radius 3 is 2.55 bits per heavy atom. The monoisotopic (exact) mass is 352 g/mol. The lowest BCUT2D eigenvalue weighted by Gasteiger charge is -2.07. The van der Waals surface area contributed by atoms with Gasteiger partial charge in [0.15, 0.2) is 17.3 Å². The summed E-state index contributed by atoms with van der Waals surface area (Å²) in [6.45, 7) is 0. The summed E-state index contributed by atoms with van der Waals surface area (Å²) in [6, 6.07) is 7.08. The van der Waals surface area contributed by atoms with Gasteiger partial charge in [0.1, 0.15) is 0 Å². The van der Waals surface area contributed by atoms with E-state index < -0.39 is 0 Å². The van der Waals surface area contributed by atoms with Crippen LogP contribution in [-0.4, -0.2) is 20.0 Å². The van der Waals surface area contributed by atoms with Crippen molar-refractivity contribution in [1.29, 1.82) is 0 Å². The normalized spacial score (nSPS) is 10.8. The molecule has 0 atom stereocenters. The Morgan fingerprint density at radius 2 is 1.95 bits per heavy atom. The van der Waals surface area contributed by atoms with Crippen molar-refractivity contribution in [2.45, 2.75) is 0 Å². The minimum Gasteiger partial charge on any atom is -0.493 e. The predicted octanol–water partition coefficient (Wildman–Crippen LogP) is 4.42. The molecule has 0 spiro atoms. The molecule has 2 rings (SSSR count). The van der Waals surface area contributed by atoms with Crippen molar-refractivity contribution < 1.29 is 14.3 Å². The van der Waals surface area contributed by atoms with Crippen LogP contribution in [0.4, 0.5) is 0 Å². The molecule has 0 aliphatic rings. The predicted molar refractivity (Wildman–Crippen MR) is 84.9 cm³/mol. The lowest BCUT2D eigenvalue weighted by Crippen LogP contribution is -1.97. The van der Waals surface area contributed by atoms with Crippen molar-refractivity contribution in [1.82, 2.24) is 0 Å². The van der Waals surface area contributed by atoms with Crippen LogP contribution in [0.5, 0.6) is 11.5 Å². The zero-order valence-corrected chi connectivity index (χ0v) is 13.5. The first kappa shape index (κ1) is 14.8. The molecule has 1 aromatic heterocycles. The number of hydrogen-bond donors (Lipinski definition) is 0. The molecule has 0 saturated heterocycles. The fourth-order valence-electron chi connectivity index (χ4n) is 1.67. The van der Waals surface area contributed by atoms with Gasteiger partial charge in [0.25, 0.3) is 0 Å². The van der Waals surface area contributed by atoms with Crippen LogP contribution in [-0.2, 0) is 0 Å². The summed E-state index contributed by atoms with van der Waals surface area (Å²) in [6.07, 6.45) is 3.34. The molecule has 20 heavy (non-hydrogen) atoms. The second-order valence-electron chi connectivity index (χ2n) is 3.95. The van der Waals surface area contributed by atoms with Crippen LogP contribution < -0.4 is 9.47 Å². The fourth-order valence-corrected chi connectivity index (χ4v) is 2.81. The summed E-state index contributed by atoms with van der Waals surface area (Å²) < 4.78 is 11.4. The van der Waals surface area contributed by atoms with Gasteiger partial charge in [-0.05, 0) is 57.2 Å². The Morgan fingerprint density at radius 1 is 1.20 bits per heavy atom. The van der Waals surface area contributed by atoms with E-state index in [-0.39, 0.29) is 5.78 Å². The second kappa shape index (κ2) is 6.72. The van der Waals surface area contributed by atoms with E-state index in [1.165, 1.54) is 0 Å². The van der Waals surface area contributed by atoms with E-state index in [9.17, 15) is 4.79 Å². The van der Waals surface area contributed by atoms with Crippen molar-refractivity contribution in [3.8, 4) is 11.5 Å². The molecule has 1 heterocycles. The number of hydrogen-bond acceptors (Lipinski definition) is 4. The van der Waals surface area contributed by atoms with E-state index in [0.29, 0.717) is 17.1 Å². The van der Waals surface area contributed by atoms with Crippen LogP contribution in [0, 0.1) is 0 Å². The lowest BCUT2D eigenvalue weighted by molar-refractivity contribution is 0.104. The zero-order chi connectivity index (χ0) is 14.5. The van der Waals surface area contributed by atoms with Crippen molar-refractivity contribution in [3.05, 3.63) is 50.6 Å². The average molecular weight is 353 g/mol. The van der Waals surface area contributed by atoms with E-state index in [0.717, 1.165) is 9.35 Å². The van der Waals surface area contributed by atoms with Crippen molar-refractivity contribution in [2.75, 3.05) is 14.2 Å². The standard InChI is InChI=1S/C15H13BrO3S/c1-18-13-6-4-11(8-14(13)19-2)12(17)5-3-10-7-15(16)20-9-10/h3-9H,1-2H3/b5-3+. The topological polar surface area (TPSA) is 35.5 Å². The van der Waals surface area contributed by atoms with Crippen LogP contribution in [0.3, 0.4) is 0 Å². The van der Waals surface area contributed by atoms with E-state index in [2.05, 4.69) is 15.9 Å². The van der Waals surface area contributed by atoms with Gasteiger partial charge in [-0.2, -0.15) is 0 Å². The maximum atomic E-state index is 12.1. The van der Waals surface area contributed by atoms with Gasteiger partial charge in [0.05, 0.1) is 18.0 Å². The average Bonchev–Trinajstić information content (AvgIpc) is 2.89. The van der Waals surface area contributed by atoms with Gasteiger partial charge >= 0.3 is 0 Å². The quantitative estimate of drug-likeness (QED) is 0.590. The van der Waals surface area contributed by atoms with Gasteiger partial charge in [0.2, 0.25) is 0 Å². The molecular formula is C15H13BrO3S. The summed E-state index contributed by atoms with van der Waals surface area (Å²) in [5.41, 5.74) is 1.56. The van der Waals surface area contributed by atoms with Gasteiger partial charge in [-0.3, -0.25) is 4.79 Å². The molecular weight excluding hydrogens is 340 g/mol. The Balaban J connectivity index is 2.19. The first-order chi connectivity index (χ1) is 9.63. The third-order valence-corrected chi connectivity index (χ3v) is 4.21.